The molecule has 0 saturated carbocycles. The second-order valence-corrected chi connectivity index (χ2v) is 10.1. The van der Waals surface area contributed by atoms with E-state index in [0.29, 0.717) is 0 Å². The van der Waals surface area contributed by atoms with Crippen LogP contribution >= 0.6 is 7.14 Å². The Morgan fingerprint density at radius 1 is 0.545 bits per heavy atom. The van der Waals surface area contributed by atoms with Gasteiger partial charge in [-0.3, -0.25) is 0 Å². The Kier molecular flexibility index (Phi) is 5.80. The molecule has 0 radical (unpaired) electrons. The molecule has 0 atom stereocenters. The first-order chi connectivity index (χ1) is 10.8. The summed E-state index contributed by atoms with van der Waals surface area (Å²) in [5, 5.41) is 3.96. The van der Waals surface area contributed by atoms with Gasteiger partial charge in [-0.2, -0.15) is 0 Å². The summed E-state index contributed by atoms with van der Waals surface area (Å²) < 4.78 is 14.3. The van der Waals surface area contributed by atoms with Crippen LogP contribution in [-0.2, 0) is 4.57 Å². The highest BCUT2D eigenvalue weighted by molar-refractivity contribution is 7.76. The first-order valence-corrected chi connectivity index (χ1v) is 11.2. The standard InChI is InChI=1S/C20H31OP/c21-22(19-14-8-4-9-15-19,20-16-10-5-11-17-20)18-12-6-2-1-3-7-13-18/h12,14,16H,1-11,13,15,17H2. The minimum atomic E-state index is -2.41. The molecule has 0 unspecified atom stereocenters. The van der Waals surface area contributed by atoms with E-state index in [1.54, 1.807) is 0 Å². The van der Waals surface area contributed by atoms with Crippen molar-refractivity contribution in [3.8, 4) is 0 Å². The molecule has 0 heterocycles. The summed E-state index contributed by atoms with van der Waals surface area (Å²) >= 11 is 0. The van der Waals surface area contributed by atoms with Gasteiger partial charge in [0.1, 0.15) is 0 Å². The molecule has 1 nitrogen and oxygen atoms in total. The molecule has 0 saturated heterocycles. The Morgan fingerprint density at radius 3 is 1.41 bits per heavy atom. The molecule has 0 spiro atoms. The third-order valence-corrected chi connectivity index (χ3v) is 9.16. The summed E-state index contributed by atoms with van der Waals surface area (Å²) in [5.74, 6) is 0. The molecule has 122 valence electrons. The largest absolute Gasteiger partial charge is 0.310 e. The van der Waals surface area contributed by atoms with E-state index in [1.165, 1.54) is 67.3 Å². The topological polar surface area (TPSA) is 17.1 Å². The predicted molar refractivity (Wildman–Crippen MR) is 96.5 cm³/mol. The van der Waals surface area contributed by atoms with Crippen molar-refractivity contribution >= 4 is 7.14 Å². The van der Waals surface area contributed by atoms with Crippen LogP contribution in [-0.4, -0.2) is 0 Å². The lowest BCUT2D eigenvalue weighted by molar-refractivity contribution is 0.572. The van der Waals surface area contributed by atoms with Gasteiger partial charge in [0.25, 0.3) is 0 Å². The van der Waals surface area contributed by atoms with E-state index in [-0.39, 0.29) is 0 Å². The molecule has 3 aliphatic carbocycles. The SMILES string of the molecule is O=P(C1=CCCCC1)(C1=CCCCC1)C1=CCCCCCC1. The van der Waals surface area contributed by atoms with Crippen LogP contribution in [0.3, 0.4) is 0 Å². The van der Waals surface area contributed by atoms with Crippen molar-refractivity contribution in [2.75, 3.05) is 0 Å². The molecule has 3 rings (SSSR count). The van der Waals surface area contributed by atoms with Gasteiger partial charge in [0, 0.05) is 0 Å². The minimum Gasteiger partial charge on any atom is -0.310 e. The average Bonchev–Trinajstić information content (AvgIpc) is 2.55. The van der Waals surface area contributed by atoms with Gasteiger partial charge in [-0.25, -0.2) is 0 Å². The summed E-state index contributed by atoms with van der Waals surface area (Å²) in [4.78, 5) is 0. The minimum absolute atomic E-state index is 1.08. The van der Waals surface area contributed by atoms with E-state index in [1.807, 2.05) is 0 Å². The maximum atomic E-state index is 14.3. The molecule has 0 aromatic heterocycles. The highest BCUT2D eigenvalue weighted by atomic mass is 31.2. The van der Waals surface area contributed by atoms with Crippen molar-refractivity contribution in [2.45, 2.75) is 89.9 Å². The van der Waals surface area contributed by atoms with Crippen molar-refractivity contribution in [1.29, 1.82) is 0 Å². The van der Waals surface area contributed by atoms with E-state index in [2.05, 4.69) is 18.2 Å². The van der Waals surface area contributed by atoms with Gasteiger partial charge in [-0.1, -0.05) is 31.1 Å². The number of rotatable bonds is 3. The second kappa shape index (κ2) is 7.82. The van der Waals surface area contributed by atoms with Crippen LogP contribution in [0.15, 0.2) is 34.2 Å². The fraction of sp³-hybridized carbons (Fsp3) is 0.700. The molecule has 0 aromatic rings. The summed E-state index contributed by atoms with van der Waals surface area (Å²) in [7, 11) is -2.41. The molecular formula is C20H31OP. The number of hydrogen-bond acceptors (Lipinski definition) is 1. The van der Waals surface area contributed by atoms with Gasteiger partial charge in [-0.05, 0) is 93.0 Å². The Bertz CT molecular complexity index is 494. The maximum absolute atomic E-state index is 14.3. The number of allylic oxidation sites excluding steroid dienone is 6. The van der Waals surface area contributed by atoms with Crippen LogP contribution < -0.4 is 0 Å². The molecule has 0 bridgehead atoms. The van der Waals surface area contributed by atoms with Crippen LogP contribution in [0.25, 0.3) is 0 Å². The van der Waals surface area contributed by atoms with Crippen molar-refractivity contribution in [1.82, 2.24) is 0 Å². The van der Waals surface area contributed by atoms with E-state index in [0.717, 1.165) is 38.5 Å². The van der Waals surface area contributed by atoms with Crippen LogP contribution in [0.2, 0.25) is 0 Å². The lowest BCUT2D eigenvalue weighted by atomic mass is 10.1. The van der Waals surface area contributed by atoms with Gasteiger partial charge < -0.3 is 4.57 Å². The zero-order valence-corrected chi connectivity index (χ0v) is 14.9. The van der Waals surface area contributed by atoms with Gasteiger partial charge in [-0.15, -0.1) is 0 Å². The van der Waals surface area contributed by atoms with Gasteiger partial charge in [0.15, 0.2) is 7.14 Å². The summed E-state index contributed by atoms with van der Waals surface area (Å²) in [6.07, 6.45) is 23.9. The van der Waals surface area contributed by atoms with Crippen molar-refractivity contribution < 1.29 is 4.57 Å². The third kappa shape index (κ3) is 3.51. The van der Waals surface area contributed by atoms with Crippen molar-refractivity contribution in [2.24, 2.45) is 0 Å². The monoisotopic (exact) mass is 318 g/mol. The fourth-order valence-corrected chi connectivity index (χ4v) is 7.91. The first kappa shape index (κ1) is 16.3. The molecule has 2 heteroatoms. The van der Waals surface area contributed by atoms with Gasteiger partial charge in [0.05, 0.1) is 0 Å². The summed E-state index contributed by atoms with van der Waals surface area (Å²) in [6, 6.07) is 0. The maximum Gasteiger partial charge on any atom is 0.158 e. The van der Waals surface area contributed by atoms with E-state index in [4.69, 9.17) is 0 Å². The fourth-order valence-electron chi connectivity index (χ4n) is 4.23. The van der Waals surface area contributed by atoms with Crippen molar-refractivity contribution in [3.63, 3.8) is 0 Å². The van der Waals surface area contributed by atoms with Crippen LogP contribution in [0.1, 0.15) is 89.9 Å². The predicted octanol–water partition coefficient (Wildman–Crippen LogP) is 7.50. The first-order valence-electron chi connectivity index (χ1n) is 9.50. The average molecular weight is 318 g/mol. The normalized spacial score (nSPS) is 24.6. The lowest BCUT2D eigenvalue weighted by Crippen LogP contribution is -2.04. The lowest BCUT2D eigenvalue weighted by Gasteiger charge is -2.31. The van der Waals surface area contributed by atoms with Crippen molar-refractivity contribution in [3.05, 3.63) is 34.2 Å². The highest BCUT2D eigenvalue weighted by Gasteiger charge is 2.35. The van der Waals surface area contributed by atoms with E-state index < -0.39 is 7.14 Å². The van der Waals surface area contributed by atoms with Crippen LogP contribution in [0.4, 0.5) is 0 Å². The molecule has 0 aromatic carbocycles. The van der Waals surface area contributed by atoms with Gasteiger partial charge >= 0.3 is 0 Å². The molecular weight excluding hydrogens is 287 g/mol. The Balaban J connectivity index is 1.99. The molecule has 22 heavy (non-hydrogen) atoms. The smallest absolute Gasteiger partial charge is 0.158 e. The van der Waals surface area contributed by atoms with Crippen LogP contribution in [0, 0.1) is 0 Å². The Labute approximate surface area is 136 Å². The molecule has 0 N–H and O–H groups in total. The highest BCUT2D eigenvalue weighted by Crippen LogP contribution is 2.71. The molecule has 0 fully saturated rings. The molecule has 0 aliphatic heterocycles. The number of hydrogen-bond donors (Lipinski definition) is 0. The third-order valence-electron chi connectivity index (χ3n) is 5.51. The van der Waals surface area contributed by atoms with Gasteiger partial charge in [0.2, 0.25) is 0 Å². The van der Waals surface area contributed by atoms with E-state index in [9.17, 15) is 4.57 Å². The summed E-state index contributed by atoms with van der Waals surface area (Å²) in [6.45, 7) is 0. The summed E-state index contributed by atoms with van der Waals surface area (Å²) in [5.41, 5.74) is 0. The van der Waals surface area contributed by atoms with Crippen LogP contribution in [0.5, 0.6) is 0 Å². The van der Waals surface area contributed by atoms with E-state index >= 15 is 0 Å². The zero-order valence-electron chi connectivity index (χ0n) is 14.0. The Morgan fingerprint density at radius 2 is 0.909 bits per heavy atom. The quantitative estimate of drug-likeness (QED) is 0.492. The Hall–Kier alpha value is -0.550. The zero-order chi connectivity index (χ0) is 15.3. The second-order valence-electron chi connectivity index (χ2n) is 7.14. The molecule has 0 amide bonds. The molecule has 3 aliphatic rings.